The van der Waals surface area contributed by atoms with Crippen LogP contribution in [0.1, 0.15) is 37.9 Å². The highest BCUT2D eigenvalue weighted by Gasteiger charge is 2.28. The molecule has 6 heteroatoms. The van der Waals surface area contributed by atoms with Crippen LogP contribution in [0.25, 0.3) is 0 Å². The van der Waals surface area contributed by atoms with Crippen LogP contribution < -0.4 is 5.32 Å². The third-order valence-corrected chi connectivity index (χ3v) is 5.18. The Balaban J connectivity index is 1.78. The van der Waals surface area contributed by atoms with Gasteiger partial charge in [-0.2, -0.15) is 0 Å². The number of rotatable bonds is 3. The van der Waals surface area contributed by atoms with E-state index in [-0.39, 0.29) is 23.2 Å². The first-order valence-electron chi connectivity index (χ1n) is 9.55. The highest BCUT2D eigenvalue weighted by atomic mass is 32.1. The maximum absolute atomic E-state index is 13.4. The summed E-state index contributed by atoms with van der Waals surface area (Å²) in [5.74, 6) is -0.518. The Labute approximate surface area is 171 Å². The molecule has 0 atom stereocenters. The van der Waals surface area contributed by atoms with Crippen molar-refractivity contribution in [3.05, 3.63) is 71.3 Å². The summed E-state index contributed by atoms with van der Waals surface area (Å²) in [5.41, 5.74) is 1.92. The molecule has 1 heterocycles. The minimum Gasteiger partial charge on any atom is -0.358 e. The summed E-state index contributed by atoms with van der Waals surface area (Å²) < 4.78 is 26.9. The van der Waals surface area contributed by atoms with E-state index in [1.165, 1.54) is 24.3 Å². The summed E-state index contributed by atoms with van der Waals surface area (Å²) in [6, 6.07) is 13.1. The molecule has 150 valence electrons. The topological polar surface area (TPSA) is 18.5 Å². The SMILES string of the molecule is CC(C)(C)NC(=S)N1CCN(C(c2ccc(F)cc2)c2ccc(F)cc2)CC1. The van der Waals surface area contributed by atoms with Crippen LogP contribution in [0, 0.1) is 11.6 Å². The Hall–Kier alpha value is -2.05. The fraction of sp³-hybridized carbons (Fsp3) is 0.409. The number of halogens is 2. The predicted octanol–water partition coefficient (Wildman–Crippen LogP) is 4.34. The summed E-state index contributed by atoms with van der Waals surface area (Å²) in [6.07, 6.45) is 0. The molecule has 2 aromatic rings. The first kappa shape index (κ1) is 20.7. The van der Waals surface area contributed by atoms with Gasteiger partial charge in [0, 0.05) is 31.7 Å². The van der Waals surface area contributed by atoms with Crippen molar-refractivity contribution in [2.45, 2.75) is 32.4 Å². The molecular formula is C22H27F2N3S. The Morgan fingerprint density at radius 2 is 1.29 bits per heavy atom. The van der Waals surface area contributed by atoms with Crippen LogP contribution in [0.5, 0.6) is 0 Å². The van der Waals surface area contributed by atoms with Crippen molar-refractivity contribution in [2.24, 2.45) is 0 Å². The highest BCUT2D eigenvalue weighted by molar-refractivity contribution is 7.80. The van der Waals surface area contributed by atoms with Gasteiger partial charge < -0.3 is 10.2 Å². The number of benzene rings is 2. The second-order valence-electron chi connectivity index (χ2n) is 8.21. The molecule has 3 nitrogen and oxygen atoms in total. The van der Waals surface area contributed by atoms with Crippen LogP contribution in [0.15, 0.2) is 48.5 Å². The molecule has 1 fully saturated rings. The van der Waals surface area contributed by atoms with Gasteiger partial charge in [0.2, 0.25) is 0 Å². The lowest BCUT2D eigenvalue weighted by Crippen LogP contribution is -2.55. The summed E-state index contributed by atoms with van der Waals surface area (Å²) >= 11 is 5.55. The molecule has 28 heavy (non-hydrogen) atoms. The lowest BCUT2D eigenvalue weighted by molar-refractivity contribution is 0.148. The summed E-state index contributed by atoms with van der Waals surface area (Å²) in [6.45, 7) is 9.51. The van der Waals surface area contributed by atoms with Crippen molar-refractivity contribution >= 4 is 17.3 Å². The summed E-state index contributed by atoms with van der Waals surface area (Å²) in [5, 5.41) is 4.13. The third kappa shape index (κ3) is 5.26. The number of piperazine rings is 1. The molecule has 0 unspecified atom stereocenters. The molecule has 0 aliphatic carbocycles. The average molecular weight is 404 g/mol. The Morgan fingerprint density at radius 3 is 1.68 bits per heavy atom. The molecule has 1 aliphatic rings. The molecule has 0 saturated carbocycles. The van der Waals surface area contributed by atoms with E-state index in [9.17, 15) is 8.78 Å². The lowest BCUT2D eigenvalue weighted by Gasteiger charge is -2.41. The fourth-order valence-corrected chi connectivity index (χ4v) is 3.98. The molecule has 1 aliphatic heterocycles. The van der Waals surface area contributed by atoms with E-state index in [0.717, 1.165) is 42.4 Å². The van der Waals surface area contributed by atoms with E-state index >= 15 is 0 Å². The van der Waals surface area contributed by atoms with E-state index in [2.05, 4.69) is 35.9 Å². The normalized spacial score (nSPS) is 15.7. The highest BCUT2D eigenvalue weighted by Crippen LogP contribution is 2.30. The average Bonchev–Trinajstić information content (AvgIpc) is 2.64. The molecular weight excluding hydrogens is 376 g/mol. The van der Waals surface area contributed by atoms with Crippen LogP contribution in [0.3, 0.4) is 0 Å². The minimum absolute atomic E-state index is 0.0486. The predicted molar refractivity (Wildman–Crippen MR) is 113 cm³/mol. The van der Waals surface area contributed by atoms with Crippen molar-refractivity contribution in [2.75, 3.05) is 26.2 Å². The smallest absolute Gasteiger partial charge is 0.169 e. The quantitative estimate of drug-likeness (QED) is 0.768. The largest absolute Gasteiger partial charge is 0.358 e. The molecule has 0 spiro atoms. The van der Waals surface area contributed by atoms with Crippen LogP contribution in [-0.4, -0.2) is 46.6 Å². The van der Waals surface area contributed by atoms with Gasteiger partial charge in [0.05, 0.1) is 6.04 Å². The van der Waals surface area contributed by atoms with Gasteiger partial charge in [-0.1, -0.05) is 24.3 Å². The monoisotopic (exact) mass is 403 g/mol. The number of hydrogen-bond acceptors (Lipinski definition) is 2. The van der Waals surface area contributed by atoms with Crippen molar-refractivity contribution in [3.8, 4) is 0 Å². The van der Waals surface area contributed by atoms with Crippen LogP contribution in [0.2, 0.25) is 0 Å². The maximum atomic E-state index is 13.4. The second kappa shape index (κ2) is 8.53. The fourth-order valence-electron chi connectivity index (χ4n) is 3.49. The van der Waals surface area contributed by atoms with Gasteiger partial charge in [-0.25, -0.2) is 8.78 Å². The van der Waals surface area contributed by atoms with E-state index in [1.54, 1.807) is 0 Å². The third-order valence-electron chi connectivity index (χ3n) is 4.82. The number of hydrogen-bond donors (Lipinski definition) is 1. The lowest BCUT2D eigenvalue weighted by atomic mass is 9.96. The standard InChI is InChI=1S/C22H27F2N3S/c1-22(2,3)25-21(28)27-14-12-26(13-15-27)20(16-4-8-18(23)9-5-16)17-6-10-19(24)11-7-17/h4-11,20H,12-15H2,1-3H3,(H,25,28). The van der Waals surface area contributed by atoms with Gasteiger partial charge in [-0.15, -0.1) is 0 Å². The molecule has 1 saturated heterocycles. The van der Waals surface area contributed by atoms with Crippen molar-refractivity contribution in [1.29, 1.82) is 0 Å². The van der Waals surface area contributed by atoms with E-state index in [4.69, 9.17) is 12.2 Å². The van der Waals surface area contributed by atoms with Crippen molar-refractivity contribution in [3.63, 3.8) is 0 Å². The number of nitrogens with zero attached hydrogens (tertiary/aromatic N) is 2. The second-order valence-corrected chi connectivity index (χ2v) is 8.60. The molecule has 0 bridgehead atoms. The van der Waals surface area contributed by atoms with Gasteiger partial charge in [-0.3, -0.25) is 4.90 Å². The van der Waals surface area contributed by atoms with E-state index < -0.39 is 0 Å². The van der Waals surface area contributed by atoms with Crippen LogP contribution in [0.4, 0.5) is 8.78 Å². The van der Waals surface area contributed by atoms with Gasteiger partial charge in [0.25, 0.3) is 0 Å². The summed E-state index contributed by atoms with van der Waals surface area (Å²) in [7, 11) is 0. The number of thiocarbonyl (C=S) groups is 1. The van der Waals surface area contributed by atoms with Gasteiger partial charge >= 0.3 is 0 Å². The Kier molecular flexibility index (Phi) is 6.30. The van der Waals surface area contributed by atoms with E-state index in [1.807, 2.05) is 24.3 Å². The zero-order valence-corrected chi connectivity index (χ0v) is 17.4. The van der Waals surface area contributed by atoms with Gasteiger partial charge in [0.1, 0.15) is 11.6 Å². The van der Waals surface area contributed by atoms with E-state index in [0.29, 0.717) is 0 Å². The zero-order chi connectivity index (χ0) is 20.3. The van der Waals surface area contributed by atoms with Gasteiger partial charge in [-0.05, 0) is 68.4 Å². The number of nitrogens with one attached hydrogen (secondary N) is 1. The molecule has 2 aromatic carbocycles. The maximum Gasteiger partial charge on any atom is 0.169 e. The Morgan fingerprint density at radius 1 is 0.857 bits per heavy atom. The molecule has 0 amide bonds. The van der Waals surface area contributed by atoms with Crippen LogP contribution >= 0.6 is 12.2 Å². The van der Waals surface area contributed by atoms with Crippen molar-refractivity contribution in [1.82, 2.24) is 15.1 Å². The zero-order valence-electron chi connectivity index (χ0n) is 16.6. The molecule has 1 N–H and O–H groups in total. The molecule has 0 radical (unpaired) electrons. The first-order chi connectivity index (χ1) is 13.2. The summed E-state index contributed by atoms with van der Waals surface area (Å²) in [4.78, 5) is 4.53. The minimum atomic E-state index is -0.259. The Bertz CT molecular complexity index is 747. The molecule has 3 rings (SSSR count). The van der Waals surface area contributed by atoms with Crippen molar-refractivity contribution < 1.29 is 8.78 Å². The van der Waals surface area contributed by atoms with Crippen LogP contribution in [-0.2, 0) is 0 Å². The van der Waals surface area contributed by atoms with Gasteiger partial charge in [0.15, 0.2) is 5.11 Å². The molecule has 0 aromatic heterocycles. The first-order valence-corrected chi connectivity index (χ1v) is 9.96.